The quantitative estimate of drug-likeness (QED) is 0.0912. The molecule has 4 aromatic carbocycles. The first-order valence-corrected chi connectivity index (χ1v) is 22.8. The summed E-state index contributed by atoms with van der Waals surface area (Å²) < 4.78 is 83.1. The molecule has 6 aromatic rings. The molecular weight excluding hydrogens is 863 g/mol. The number of amides is 1. The molecule has 64 heavy (non-hydrogen) atoms. The number of tetrazole rings is 1. The summed E-state index contributed by atoms with van der Waals surface area (Å²) in [6.45, 7) is 5.88. The van der Waals surface area contributed by atoms with Crippen molar-refractivity contribution in [2.24, 2.45) is 0 Å². The molecule has 1 amide bonds. The molecule has 0 aliphatic carbocycles. The topological polar surface area (TPSA) is 234 Å². The van der Waals surface area contributed by atoms with E-state index in [0.717, 1.165) is 10.5 Å². The van der Waals surface area contributed by atoms with Crippen LogP contribution in [0.2, 0.25) is 0 Å². The largest absolute Gasteiger partial charge is 0.497 e. The van der Waals surface area contributed by atoms with E-state index in [4.69, 9.17) is 19.9 Å². The van der Waals surface area contributed by atoms with E-state index in [-0.39, 0.29) is 48.9 Å². The average molecular weight is 914 g/mol. The first-order chi connectivity index (χ1) is 30.3. The molecule has 0 aliphatic heterocycles. The molecule has 20 heteroatoms. The summed E-state index contributed by atoms with van der Waals surface area (Å²) in [5.74, 6) is 1.81. The van der Waals surface area contributed by atoms with Gasteiger partial charge in [0, 0.05) is 43.0 Å². The van der Waals surface area contributed by atoms with Crippen molar-refractivity contribution in [3.8, 4) is 39.8 Å². The third-order valence-corrected chi connectivity index (χ3v) is 13.9. The molecule has 0 spiro atoms. The third-order valence-electron chi connectivity index (χ3n) is 10.2. The van der Waals surface area contributed by atoms with Gasteiger partial charge in [-0.25, -0.2) is 36.0 Å². The highest BCUT2D eigenvalue weighted by Gasteiger charge is 2.39. The zero-order valence-corrected chi connectivity index (χ0v) is 38.1. The van der Waals surface area contributed by atoms with E-state index in [1.165, 1.54) is 54.5 Å². The van der Waals surface area contributed by atoms with Crippen LogP contribution in [0.1, 0.15) is 44.4 Å². The van der Waals surface area contributed by atoms with E-state index in [0.29, 0.717) is 33.9 Å². The van der Waals surface area contributed by atoms with Crippen LogP contribution in [0.3, 0.4) is 0 Å². The molecule has 0 bridgehead atoms. The molecular formula is C44H51N9O9S2. The maximum Gasteiger partial charge on any atom is 0.407 e. The number of nitrogens with zero attached hydrogens (tertiary/aromatic N) is 7. The van der Waals surface area contributed by atoms with Crippen molar-refractivity contribution in [1.82, 2.24) is 39.1 Å². The molecule has 0 aliphatic rings. The smallest absolute Gasteiger partial charge is 0.407 e. The zero-order valence-electron chi connectivity index (χ0n) is 36.5. The predicted molar refractivity (Wildman–Crippen MR) is 240 cm³/mol. The minimum absolute atomic E-state index is 0.0384. The fraction of sp³-hybridized carbons (Fsp3) is 0.295. The number of sulfonamides is 2. The summed E-state index contributed by atoms with van der Waals surface area (Å²) in [4.78, 5) is 16.4. The highest BCUT2D eigenvalue weighted by molar-refractivity contribution is 7.92. The lowest BCUT2D eigenvalue weighted by atomic mass is 10.00. The van der Waals surface area contributed by atoms with Gasteiger partial charge in [-0.15, -0.1) is 5.10 Å². The van der Waals surface area contributed by atoms with E-state index in [1.807, 2.05) is 0 Å². The van der Waals surface area contributed by atoms with Crippen LogP contribution in [0.5, 0.6) is 17.2 Å². The number of ether oxygens (including phenoxy) is 3. The van der Waals surface area contributed by atoms with Crippen molar-refractivity contribution in [3.63, 3.8) is 0 Å². The zero-order chi connectivity index (χ0) is 46.4. The minimum Gasteiger partial charge on any atom is -0.497 e. The fourth-order valence-electron chi connectivity index (χ4n) is 6.95. The van der Waals surface area contributed by atoms with Gasteiger partial charge in [0.1, 0.15) is 32.9 Å². The fourth-order valence-corrected chi connectivity index (χ4v) is 10.6. The van der Waals surface area contributed by atoms with Gasteiger partial charge >= 0.3 is 6.09 Å². The lowest BCUT2D eigenvalue weighted by molar-refractivity contribution is 0.0960. The number of methoxy groups -OCH3 is 3. The Balaban J connectivity index is 1.64. The van der Waals surface area contributed by atoms with E-state index >= 15 is 8.42 Å². The number of carboxylic acid groups (broad SMARTS) is 1. The molecule has 6 rings (SSSR count). The second-order valence-corrected chi connectivity index (χ2v) is 19.4. The summed E-state index contributed by atoms with van der Waals surface area (Å²) in [5, 5.41) is 22.6. The van der Waals surface area contributed by atoms with Crippen LogP contribution in [0, 0.1) is 0 Å². The lowest BCUT2D eigenvalue weighted by Gasteiger charge is -2.35. The molecule has 4 N–H and O–H groups in total. The average Bonchev–Trinajstić information content (AvgIpc) is 3.72. The van der Waals surface area contributed by atoms with Gasteiger partial charge in [-0.3, -0.25) is 0 Å². The van der Waals surface area contributed by atoms with Crippen molar-refractivity contribution in [2.45, 2.75) is 68.7 Å². The lowest BCUT2D eigenvalue weighted by Crippen LogP contribution is -2.51. The molecule has 0 radical (unpaired) electrons. The van der Waals surface area contributed by atoms with Crippen molar-refractivity contribution in [2.75, 3.05) is 33.6 Å². The van der Waals surface area contributed by atoms with Gasteiger partial charge < -0.3 is 30.0 Å². The summed E-state index contributed by atoms with van der Waals surface area (Å²) >= 11 is 0. The normalized spacial score (nSPS) is 12.5. The first-order valence-electron chi connectivity index (χ1n) is 19.9. The summed E-state index contributed by atoms with van der Waals surface area (Å²) in [5.41, 5.74) is 7.41. The number of carbonyl (C=O) groups is 1. The number of hydrogen-bond donors (Lipinski definition) is 3. The van der Waals surface area contributed by atoms with E-state index in [9.17, 15) is 18.3 Å². The van der Waals surface area contributed by atoms with E-state index in [2.05, 4.69) is 25.2 Å². The Kier molecular flexibility index (Phi) is 14.2. The van der Waals surface area contributed by atoms with Gasteiger partial charge in [0.15, 0.2) is 5.82 Å². The van der Waals surface area contributed by atoms with Crippen molar-refractivity contribution in [3.05, 3.63) is 120 Å². The highest BCUT2D eigenvalue weighted by Crippen LogP contribution is 2.42. The van der Waals surface area contributed by atoms with Crippen LogP contribution in [-0.2, 0) is 39.7 Å². The number of hydrogen-bond acceptors (Lipinski definition) is 13. The van der Waals surface area contributed by atoms with Gasteiger partial charge in [0.05, 0.1) is 33.4 Å². The van der Waals surface area contributed by atoms with E-state index in [1.54, 1.807) is 107 Å². The Hall–Kier alpha value is -6.61. The van der Waals surface area contributed by atoms with Gasteiger partial charge in [0.25, 0.3) is 0 Å². The Bertz CT molecular complexity index is 2730. The SMILES string of the molecule is COc1ccc(CN(Cc2ccc(OC)cc2)S(=O)(=O)c2c(S(=O)(=O)N[C@H](C)CN(C(=O)O)C(C)(C)C)ccc(-c3ccc(N)nc3)c2-c2nnnn2Cc2ccc(OC)cc2)cc1. The molecule has 18 nitrogen and oxygen atoms in total. The Morgan fingerprint density at radius 2 is 1.33 bits per heavy atom. The number of pyridine rings is 1. The Morgan fingerprint density at radius 3 is 1.80 bits per heavy atom. The van der Waals surface area contributed by atoms with Gasteiger partial charge in [-0.1, -0.05) is 42.5 Å². The molecule has 2 aromatic heterocycles. The monoisotopic (exact) mass is 913 g/mol. The molecule has 0 fully saturated rings. The number of benzene rings is 4. The minimum atomic E-state index is -4.96. The Morgan fingerprint density at radius 1 is 0.797 bits per heavy atom. The number of nitrogen functional groups attached to an aromatic ring is 1. The second-order valence-electron chi connectivity index (χ2n) is 15.9. The number of rotatable bonds is 18. The van der Waals surface area contributed by atoms with Crippen molar-refractivity contribution >= 4 is 32.0 Å². The van der Waals surface area contributed by atoms with Crippen LogP contribution in [-0.4, -0.2) is 102 Å². The van der Waals surface area contributed by atoms with Crippen LogP contribution in [0.4, 0.5) is 10.6 Å². The highest BCUT2D eigenvalue weighted by atomic mass is 32.2. The van der Waals surface area contributed by atoms with Crippen LogP contribution in [0.15, 0.2) is 113 Å². The first kappa shape index (κ1) is 46.9. The van der Waals surface area contributed by atoms with Crippen LogP contribution in [0.25, 0.3) is 22.5 Å². The van der Waals surface area contributed by atoms with Gasteiger partial charge in [-0.2, -0.15) is 4.31 Å². The number of anilines is 1. The van der Waals surface area contributed by atoms with E-state index < -0.39 is 47.5 Å². The maximum atomic E-state index is 16.0. The maximum absolute atomic E-state index is 16.0. The summed E-state index contributed by atoms with van der Waals surface area (Å²) in [6, 6.07) is 25.5. The van der Waals surface area contributed by atoms with Gasteiger partial charge in [-0.05, 0) is 115 Å². The molecule has 0 unspecified atom stereocenters. The van der Waals surface area contributed by atoms with Crippen molar-refractivity contribution < 1.29 is 40.9 Å². The summed E-state index contributed by atoms with van der Waals surface area (Å²) in [7, 11) is -5.20. The van der Waals surface area contributed by atoms with Crippen LogP contribution >= 0.6 is 0 Å². The molecule has 0 saturated heterocycles. The number of aromatic nitrogens is 5. The predicted octanol–water partition coefficient (Wildman–Crippen LogP) is 5.89. The second kappa shape index (κ2) is 19.4. The Labute approximate surface area is 372 Å². The molecule has 1 atom stereocenters. The summed E-state index contributed by atoms with van der Waals surface area (Å²) in [6.07, 6.45) is 0.179. The van der Waals surface area contributed by atoms with Crippen molar-refractivity contribution in [1.29, 1.82) is 0 Å². The molecule has 0 saturated carbocycles. The van der Waals surface area contributed by atoms with Gasteiger partial charge in [0.2, 0.25) is 20.0 Å². The molecule has 338 valence electrons. The third kappa shape index (κ3) is 10.8. The molecule has 2 heterocycles. The number of nitrogens with one attached hydrogen (secondary N) is 1. The van der Waals surface area contributed by atoms with Crippen LogP contribution < -0.4 is 24.7 Å². The standard InChI is InChI=1S/C44H51N9O9S2/c1-29(25-52(43(54)55)44(2,3)4)48-63(56,57)38-22-21-37(33-14-23-39(45)46-24-33)40(42-47-49-50-53(42)28-32-12-19-36(62-7)20-13-32)41(38)64(58,59)51(26-30-8-15-34(60-5)16-9-30)27-31-10-17-35(61-6)18-11-31/h8-24,29,48H,25-28H2,1-7H3,(H2,45,46)(H,54,55)/t29-/m1/s1. The number of nitrogens with two attached hydrogens (primary N) is 1.